The second-order valence-corrected chi connectivity index (χ2v) is 2.64. The summed E-state index contributed by atoms with van der Waals surface area (Å²) >= 11 is 0. The van der Waals surface area contributed by atoms with E-state index in [1.54, 1.807) is 12.1 Å². The minimum Gasteiger partial charge on any atom is -0.556 e. The van der Waals surface area contributed by atoms with Crippen molar-refractivity contribution in [3.63, 3.8) is 0 Å². The highest BCUT2D eigenvalue weighted by molar-refractivity contribution is 6.71. The van der Waals surface area contributed by atoms with Gasteiger partial charge >= 0.3 is 6.75 Å². The zero-order valence-corrected chi connectivity index (χ0v) is 6.23. The Hall–Kier alpha value is -0.835. The third kappa shape index (κ3) is 2.05. The monoisotopic (exact) mass is 153 g/mol. The maximum Gasteiger partial charge on any atom is 0.402 e. The molecular weight excluding hydrogens is 143 g/mol. The van der Waals surface area contributed by atoms with E-state index in [1.165, 1.54) is 12.1 Å². The summed E-state index contributed by atoms with van der Waals surface area (Å²) in [6.07, 6.45) is 0. The molecule has 0 fully saturated rings. The molecule has 3 nitrogen and oxygen atoms in total. The van der Waals surface area contributed by atoms with Gasteiger partial charge in [-0.25, -0.2) is 0 Å². The van der Waals surface area contributed by atoms with Crippen molar-refractivity contribution >= 4 is 12.2 Å². The highest BCUT2D eigenvalue weighted by atomic mass is 16.5. The van der Waals surface area contributed by atoms with Gasteiger partial charge in [0.2, 0.25) is 0 Å². The van der Waals surface area contributed by atoms with Crippen molar-refractivity contribution in [3.05, 3.63) is 29.8 Å². The minimum atomic E-state index is -3.32. The molecule has 0 amide bonds. The molecule has 0 atom stereocenters. The lowest BCUT2D eigenvalue weighted by atomic mass is 9.71. The molecule has 0 aromatic heterocycles. The molecule has 0 aliphatic heterocycles. The fraction of sp³-hybridized carbons (Fsp3) is 0.143. The van der Waals surface area contributed by atoms with Crippen LogP contribution in [0, 0.1) is 6.92 Å². The lowest BCUT2D eigenvalue weighted by Crippen LogP contribution is -2.48. The Morgan fingerprint density at radius 2 is 1.45 bits per heavy atom. The summed E-state index contributed by atoms with van der Waals surface area (Å²) in [6, 6.07) is 6.37. The van der Waals surface area contributed by atoms with Crippen LogP contribution in [0.1, 0.15) is 5.56 Å². The van der Waals surface area contributed by atoms with E-state index in [-0.39, 0.29) is 5.46 Å². The Morgan fingerprint density at radius 1 is 1.00 bits per heavy atom. The second-order valence-electron chi connectivity index (χ2n) is 2.64. The van der Waals surface area contributed by atoms with Gasteiger partial charge in [-0.05, 0) is 6.92 Å². The van der Waals surface area contributed by atoms with Gasteiger partial charge in [-0.15, -0.1) is 5.46 Å². The van der Waals surface area contributed by atoms with E-state index >= 15 is 0 Å². The average Bonchev–Trinajstić information content (AvgIpc) is 1.86. The number of rotatable bonds is 1. The van der Waals surface area contributed by atoms with Gasteiger partial charge < -0.3 is 15.1 Å². The van der Waals surface area contributed by atoms with Crippen LogP contribution in [0.25, 0.3) is 0 Å². The quantitative estimate of drug-likeness (QED) is 0.459. The molecule has 0 aliphatic rings. The first-order valence-corrected chi connectivity index (χ1v) is 3.38. The van der Waals surface area contributed by atoms with Gasteiger partial charge in [0, 0.05) is 0 Å². The van der Waals surface area contributed by atoms with Crippen LogP contribution in [-0.2, 0) is 0 Å². The van der Waals surface area contributed by atoms with E-state index in [0.717, 1.165) is 5.56 Å². The van der Waals surface area contributed by atoms with Crippen molar-refractivity contribution < 1.29 is 15.1 Å². The molecule has 0 unspecified atom stereocenters. The summed E-state index contributed by atoms with van der Waals surface area (Å²) in [4.78, 5) is 0. The Bertz CT molecular complexity index is 237. The van der Waals surface area contributed by atoms with Crippen LogP contribution in [0.3, 0.4) is 0 Å². The molecule has 0 heterocycles. The zero-order chi connectivity index (χ0) is 8.48. The maximum atomic E-state index is 8.75. The number of aryl methyl sites for hydroxylation is 1. The van der Waals surface area contributed by atoms with Crippen molar-refractivity contribution in [1.29, 1.82) is 0 Å². The van der Waals surface area contributed by atoms with Gasteiger partial charge in [0.25, 0.3) is 0 Å². The van der Waals surface area contributed by atoms with Crippen LogP contribution in [-0.4, -0.2) is 21.8 Å². The fourth-order valence-corrected chi connectivity index (χ4v) is 0.825. The molecule has 0 saturated heterocycles. The molecule has 3 N–H and O–H groups in total. The van der Waals surface area contributed by atoms with Crippen LogP contribution >= 0.6 is 0 Å². The Labute approximate surface area is 64.9 Å². The van der Waals surface area contributed by atoms with Crippen LogP contribution in [0.4, 0.5) is 0 Å². The van der Waals surface area contributed by atoms with Crippen LogP contribution in [0.2, 0.25) is 0 Å². The molecule has 1 aromatic carbocycles. The summed E-state index contributed by atoms with van der Waals surface area (Å²) < 4.78 is 0. The van der Waals surface area contributed by atoms with Gasteiger partial charge in [0.1, 0.15) is 0 Å². The van der Waals surface area contributed by atoms with Crippen LogP contribution in [0.15, 0.2) is 24.3 Å². The number of benzene rings is 1. The zero-order valence-electron chi connectivity index (χ0n) is 6.23. The van der Waals surface area contributed by atoms with E-state index in [4.69, 9.17) is 15.1 Å². The minimum absolute atomic E-state index is 0.135. The van der Waals surface area contributed by atoms with E-state index in [0.29, 0.717) is 0 Å². The standard InChI is InChI=1S/C7H10BO3/c1-6-2-4-7(5-3-6)8(9,10)11/h2-5,9-11H,1H3/q-1. The molecule has 1 aromatic rings. The van der Waals surface area contributed by atoms with Gasteiger partial charge in [-0.2, -0.15) is 0 Å². The van der Waals surface area contributed by atoms with E-state index in [9.17, 15) is 0 Å². The topological polar surface area (TPSA) is 60.7 Å². The Kier molecular flexibility index (Phi) is 2.00. The van der Waals surface area contributed by atoms with Crippen molar-refractivity contribution in [2.45, 2.75) is 6.92 Å². The van der Waals surface area contributed by atoms with E-state index < -0.39 is 6.75 Å². The molecule has 0 aliphatic carbocycles. The van der Waals surface area contributed by atoms with Crippen molar-refractivity contribution in [1.82, 2.24) is 0 Å². The van der Waals surface area contributed by atoms with Crippen molar-refractivity contribution in [2.75, 3.05) is 0 Å². The molecule has 0 spiro atoms. The molecule has 0 saturated carbocycles. The molecule has 11 heavy (non-hydrogen) atoms. The first-order chi connectivity index (χ1) is 5.00. The van der Waals surface area contributed by atoms with Gasteiger partial charge in [0.05, 0.1) is 0 Å². The normalized spacial score (nSPS) is 11.6. The highest BCUT2D eigenvalue weighted by Crippen LogP contribution is 1.96. The molecule has 1 rings (SSSR count). The Morgan fingerprint density at radius 3 is 1.82 bits per heavy atom. The molecule has 0 radical (unpaired) electrons. The Balaban J connectivity index is 2.99. The smallest absolute Gasteiger partial charge is 0.402 e. The average molecular weight is 153 g/mol. The molecule has 4 heteroatoms. The van der Waals surface area contributed by atoms with E-state index in [2.05, 4.69) is 0 Å². The molecular formula is C7H10BO3-. The SMILES string of the molecule is Cc1ccc([B-](O)(O)O)cc1. The van der Waals surface area contributed by atoms with Crippen LogP contribution in [0.5, 0.6) is 0 Å². The number of hydrogen-bond donors (Lipinski definition) is 3. The lowest BCUT2D eigenvalue weighted by Gasteiger charge is -2.20. The highest BCUT2D eigenvalue weighted by Gasteiger charge is 2.16. The first-order valence-electron chi connectivity index (χ1n) is 3.38. The summed E-state index contributed by atoms with van der Waals surface area (Å²) in [5.74, 6) is 0. The maximum absolute atomic E-state index is 8.75. The second kappa shape index (κ2) is 2.66. The van der Waals surface area contributed by atoms with Crippen LogP contribution < -0.4 is 5.46 Å². The largest absolute Gasteiger partial charge is 0.556 e. The van der Waals surface area contributed by atoms with Gasteiger partial charge in [-0.1, -0.05) is 29.8 Å². The lowest BCUT2D eigenvalue weighted by molar-refractivity contribution is 0.250. The summed E-state index contributed by atoms with van der Waals surface area (Å²) in [5, 5.41) is 26.3. The summed E-state index contributed by atoms with van der Waals surface area (Å²) in [5.41, 5.74) is 1.14. The van der Waals surface area contributed by atoms with E-state index in [1.807, 2.05) is 6.92 Å². The predicted molar refractivity (Wildman–Crippen MR) is 43.2 cm³/mol. The predicted octanol–water partition coefficient (Wildman–Crippen LogP) is -0.882. The fourth-order valence-electron chi connectivity index (χ4n) is 0.825. The van der Waals surface area contributed by atoms with Crippen molar-refractivity contribution in [2.24, 2.45) is 0 Å². The van der Waals surface area contributed by atoms with Gasteiger partial charge in [-0.3, -0.25) is 0 Å². The summed E-state index contributed by atoms with van der Waals surface area (Å²) in [7, 11) is 0. The van der Waals surface area contributed by atoms with Crippen molar-refractivity contribution in [3.8, 4) is 0 Å². The third-order valence-electron chi connectivity index (χ3n) is 1.52. The summed E-state index contributed by atoms with van der Waals surface area (Å²) in [6.45, 7) is -1.44. The molecule has 0 bridgehead atoms. The number of hydrogen-bond acceptors (Lipinski definition) is 3. The van der Waals surface area contributed by atoms with Gasteiger partial charge in [0.15, 0.2) is 0 Å². The molecule has 60 valence electrons. The third-order valence-corrected chi connectivity index (χ3v) is 1.52. The first kappa shape index (κ1) is 8.26.